The van der Waals surface area contributed by atoms with Crippen molar-refractivity contribution < 1.29 is 24.2 Å². The van der Waals surface area contributed by atoms with Crippen LogP contribution in [0.25, 0.3) is 0 Å². The number of hydrogen-bond donors (Lipinski definition) is 1. The van der Waals surface area contributed by atoms with Gasteiger partial charge < -0.3 is 19.4 Å². The molecule has 154 valence electrons. The van der Waals surface area contributed by atoms with Gasteiger partial charge in [0.15, 0.2) is 0 Å². The number of ether oxygens (including phenoxy) is 2. The molecule has 28 heavy (non-hydrogen) atoms. The van der Waals surface area contributed by atoms with Crippen molar-refractivity contribution in [1.29, 1.82) is 0 Å². The van der Waals surface area contributed by atoms with E-state index in [1.807, 2.05) is 20.8 Å². The quantitative estimate of drug-likeness (QED) is 0.294. The summed E-state index contributed by atoms with van der Waals surface area (Å²) in [6.45, 7) is 9.47. The van der Waals surface area contributed by atoms with Crippen molar-refractivity contribution in [1.82, 2.24) is 0 Å². The first-order valence-electron chi connectivity index (χ1n) is 10.1. The molecule has 1 aliphatic rings. The fourth-order valence-electron chi connectivity index (χ4n) is 3.54. The number of carbonyl (C=O) groups excluding carboxylic acids is 2. The van der Waals surface area contributed by atoms with Gasteiger partial charge in [-0.15, -0.1) is 0 Å². The summed E-state index contributed by atoms with van der Waals surface area (Å²) < 4.78 is 11.8. The number of benzene rings is 1. The molecule has 0 fully saturated rings. The van der Waals surface area contributed by atoms with E-state index in [1.165, 1.54) is 0 Å². The number of phenolic OH excluding ortho intramolecular Hbond substituents is 1. The smallest absolute Gasteiger partial charge is 0.355 e. The normalized spacial score (nSPS) is 19.0. The molecule has 1 aliphatic heterocycles. The summed E-state index contributed by atoms with van der Waals surface area (Å²) in [4.78, 5) is 23.7. The molecule has 1 aromatic rings. The Morgan fingerprint density at radius 3 is 2.57 bits per heavy atom. The molecule has 0 saturated carbocycles. The van der Waals surface area contributed by atoms with Crippen molar-refractivity contribution in [2.24, 2.45) is 0 Å². The predicted octanol–water partition coefficient (Wildman–Crippen LogP) is 5.00. The Balaban J connectivity index is 2.23. The molecule has 0 spiro atoms. The van der Waals surface area contributed by atoms with Crippen LogP contribution in [0, 0.1) is 20.8 Å². The van der Waals surface area contributed by atoms with Crippen LogP contribution >= 0.6 is 0 Å². The van der Waals surface area contributed by atoms with E-state index in [0.717, 1.165) is 47.8 Å². The highest BCUT2D eigenvalue weighted by Gasteiger charge is 2.42. The van der Waals surface area contributed by atoms with Crippen molar-refractivity contribution >= 4 is 12.3 Å². The Labute approximate surface area is 167 Å². The van der Waals surface area contributed by atoms with Gasteiger partial charge in [0.2, 0.25) is 5.60 Å². The van der Waals surface area contributed by atoms with Gasteiger partial charge in [0.25, 0.3) is 0 Å². The first-order valence-corrected chi connectivity index (χ1v) is 10.1. The van der Waals surface area contributed by atoms with E-state index >= 15 is 0 Å². The summed E-state index contributed by atoms with van der Waals surface area (Å²) in [6, 6.07) is 0. The van der Waals surface area contributed by atoms with Gasteiger partial charge in [0.05, 0.1) is 0 Å². The van der Waals surface area contributed by atoms with Gasteiger partial charge >= 0.3 is 5.97 Å². The zero-order valence-electron chi connectivity index (χ0n) is 17.7. The third kappa shape index (κ3) is 4.57. The van der Waals surface area contributed by atoms with Gasteiger partial charge in [0, 0.05) is 24.8 Å². The van der Waals surface area contributed by atoms with Crippen molar-refractivity contribution in [3.8, 4) is 11.5 Å². The van der Waals surface area contributed by atoms with Gasteiger partial charge in [-0.2, -0.15) is 0 Å². The molecule has 1 heterocycles. The number of unbranched alkanes of at least 4 members (excludes halogenated alkanes) is 2. The maximum atomic E-state index is 13.0. The Morgan fingerprint density at radius 2 is 1.93 bits per heavy atom. The first kappa shape index (κ1) is 22.0. The largest absolute Gasteiger partial charge is 0.507 e. The van der Waals surface area contributed by atoms with Crippen LogP contribution < -0.4 is 4.74 Å². The minimum Gasteiger partial charge on any atom is -0.507 e. The molecule has 5 heteroatoms. The third-order valence-electron chi connectivity index (χ3n) is 5.64. The molecule has 2 rings (SSSR count). The summed E-state index contributed by atoms with van der Waals surface area (Å²) in [5.74, 6) is 1.06. The lowest BCUT2D eigenvalue weighted by Gasteiger charge is -2.36. The fraction of sp³-hybridized carbons (Fsp3) is 0.565. The standard InChI is InChI=1S/C23H32O5/c1-6-7-8-10-18(11-9-14-24)27-22(26)23(5)13-12-19-17(4)20(25)15(2)16(3)21(19)28-23/h11,14,25H,6-10,12-13H2,1-5H3. The Hall–Kier alpha value is -2.30. The van der Waals surface area contributed by atoms with E-state index in [2.05, 4.69) is 6.92 Å². The minimum atomic E-state index is -1.10. The van der Waals surface area contributed by atoms with Crippen LogP contribution in [0.2, 0.25) is 0 Å². The second-order valence-corrected chi connectivity index (χ2v) is 7.78. The van der Waals surface area contributed by atoms with E-state index in [0.29, 0.717) is 36.5 Å². The fourth-order valence-corrected chi connectivity index (χ4v) is 3.54. The number of carbonyl (C=O) groups is 2. The molecule has 5 nitrogen and oxygen atoms in total. The summed E-state index contributed by atoms with van der Waals surface area (Å²) in [7, 11) is 0. The summed E-state index contributed by atoms with van der Waals surface area (Å²) in [5, 5.41) is 10.3. The SMILES string of the molecule is CCCCCC(=CCC=O)OC(=O)C1(C)CCc2c(C)c(O)c(C)c(C)c2O1. The summed E-state index contributed by atoms with van der Waals surface area (Å²) in [6.07, 6.45) is 7.45. The number of aldehydes is 1. The Morgan fingerprint density at radius 1 is 1.21 bits per heavy atom. The Bertz CT molecular complexity index is 778. The zero-order valence-corrected chi connectivity index (χ0v) is 17.7. The van der Waals surface area contributed by atoms with Crippen LogP contribution in [0.4, 0.5) is 0 Å². The molecule has 0 aromatic heterocycles. The highest BCUT2D eigenvalue weighted by Crippen LogP contribution is 2.43. The topological polar surface area (TPSA) is 72.8 Å². The molecule has 1 aromatic carbocycles. The van der Waals surface area contributed by atoms with Gasteiger partial charge in [-0.25, -0.2) is 4.79 Å². The second kappa shape index (κ2) is 9.26. The lowest BCUT2D eigenvalue weighted by atomic mass is 9.87. The number of fused-ring (bicyclic) bond motifs is 1. The monoisotopic (exact) mass is 388 g/mol. The number of allylic oxidation sites excluding steroid dienone is 2. The molecule has 1 unspecified atom stereocenters. The maximum Gasteiger partial charge on any atom is 0.355 e. The minimum absolute atomic E-state index is 0.228. The second-order valence-electron chi connectivity index (χ2n) is 7.78. The van der Waals surface area contributed by atoms with Gasteiger partial charge in [-0.1, -0.05) is 19.8 Å². The average molecular weight is 389 g/mol. The van der Waals surface area contributed by atoms with Crippen molar-refractivity contribution in [2.75, 3.05) is 0 Å². The molecule has 1 atom stereocenters. The summed E-state index contributed by atoms with van der Waals surface area (Å²) >= 11 is 0. The van der Waals surface area contributed by atoms with E-state index in [4.69, 9.17) is 9.47 Å². The van der Waals surface area contributed by atoms with E-state index < -0.39 is 11.6 Å². The van der Waals surface area contributed by atoms with Crippen LogP contribution in [0.5, 0.6) is 11.5 Å². The number of aromatic hydroxyl groups is 1. The first-order chi connectivity index (χ1) is 13.2. The van der Waals surface area contributed by atoms with E-state index in [-0.39, 0.29) is 6.42 Å². The molecule has 0 radical (unpaired) electrons. The highest BCUT2D eigenvalue weighted by molar-refractivity contribution is 5.81. The van der Waals surface area contributed by atoms with Gasteiger partial charge in [0.1, 0.15) is 23.5 Å². The van der Waals surface area contributed by atoms with Crippen LogP contribution in [-0.4, -0.2) is 23.0 Å². The van der Waals surface area contributed by atoms with Crippen molar-refractivity contribution in [3.63, 3.8) is 0 Å². The molecule has 1 N–H and O–H groups in total. The molecular weight excluding hydrogens is 356 g/mol. The zero-order chi connectivity index (χ0) is 20.9. The molecule has 0 saturated heterocycles. The van der Waals surface area contributed by atoms with Crippen LogP contribution in [0.3, 0.4) is 0 Å². The molecule has 0 amide bonds. The summed E-state index contributed by atoms with van der Waals surface area (Å²) in [5.41, 5.74) is 2.26. The van der Waals surface area contributed by atoms with Crippen LogP contribution in [-0.2, 0) is 20.7 Å². The van der Waals surface area contributed by atoms with Gasteiger partial charge in [-0.3, -0.25) is 0 Å². The van der Waals surface area contributed by atoms with E-state index in [9.17, 15) is 14.7 Å². The number of phenols is 1. The van der Waals surface area contributed by atoms with Crippen LogP contribution in [0.15, 0.2) is 11.8 Å². The lowest BCUT2D eigenvalue weighted by molar-refractivity contribution is -0.158. The molecule has 0 bridgehead atoms. The lowest BCUT2D eigenvalue weighted by Crippen LogP contribution is -2.45. The van der Waals surface area contributed by atoms with Crippen molar-refractivity contribution in [3.05, 3.63) is 34.1 Å². The number of hydrogen-bond acceptors (Lipinski definition) is 5. The van der Waals surface area contributed by atoms with Gasteiger partial charge in [-0.05, 0) is 63.3 Å². The molecular formula is C23H32O5. The maximum absolute atomic E-state index is 13.0. The van der Waals surface area contributed by atoms with Crippen LogP contribution in [0.1, 0.15) is 74.6 Å². The predicted molar refractivity (Wildman–Crippen MR) is 109 cm³/mol. The number of rotatable bonds is 8. The molecule has 0 aliphatic carbocycles. The van der Waals surface area contributed by atoms with Crippen molar-refractivity contribution in [2.45, 2.75) is 85.2 Å². The highest BCUT2D eigenvalue weighted by atomic mass is 16.6. The van der Waals surface area contributed by atoms with E-state index in [1.54, 1.807) is 13.0 Å². The Kier molecular flexibility index (Phi) is 7.28. The third-order valence-corrected chi connectivity index (χ3v) is 5.64. The number of esters is 1. The average Bonchev–Trinajstić information content (AvgIpc) is 2.68.